The van der Waals surface area contributed by atoms with Crippen molar-refractivity contribution in [3.05, 3.63) is 89.5 Å². The molecular formula is C25H26N2O5. The molecule has 0 spiro atoms. The van der Waals surface area contributed by atoms with E-state index < -0.39 is 11.8 Å². The quantitative estimate of drug-likeness (QED) is 0.489. The monoisotopic (exact) mass is 434 g/mol. The lowest BCUT2D eigenvalue weighted by Crippen LogP contribution is -2.36. The third kappa shape index (κ3) is 5.57. The Labute approximate surface area is 187 Å². The molecule has 3 rings (SSSR count). The lowest BCUT2D eigenvalue weighted by molar-refractivity contribution is -0.118. The highest BCUT2D eigenvalue weighted by molar-refractivity contribution is 6.05. The summed E-state index contributed by atoms with van der Waals surface area (Å²) < 4.78 is 16.0. The first-order valence-electron chi connectivity index (χ1n) is 10.2. The molecule has 2 amide bonds. The third-order valence-corrected chi connectivity index (χ3v) is 4.88. The molecule has 0 aliphatic rings. The molecule has 1 heterocycles. The maximum absolute atomic E-state index is 13.2. The van der Waals surface area contributed by atoms with Crippen LogP contribution in [0.5, 0.6) is 11.5 Å². The summed E-state index contributed by atoms with van der Waals surface area (Å²) in [7, 11) is 3.13. The van der Waals surface area contributed by atoms with Crippen LogP contribution in [0, 0.1) is 0 Å². The summed E-state index contributed by atoms with van der Waals surface area (Å²) in [5, 5.41) is 5.68. The molecule has 0 aliphatic carbocycles. The Morgan fingerprint density at radius 3 is 2.38 bits per heavy atom. The van der Waals surface area contributed by atoms with Gasteiger partial charge in [0.1, 0.15) is 11.5 Å². The van der Waals surface area contributed by atoms with Crippen LogP contribution in [0.2, 0.25) is 0 Å². The molecule has 2 aromatic carbocycles. The number of amides is 2. The van der Waals surface area contributed by atoms with E-state index in [9.17, 15) is 9.59 Å². The smallest absolute Gasteiger partial charge is 0.268 e. The molecular weight excluding hydrogens is 408 g/mol. The average molecular weight is 434 g/mol. The normalized spacial score (nSPS) is 12.0. The predicted molar refractivity (Wildman–Crippen MR) is 121 cm³/mol. The summed E-state index contributed by atoms with van der Waals surface area (Å²) in [6, 6.07) is 17.3. The maximum Gasteiger partial charge on any atom is 0.268 e. The zero-order valence-electron chi connectivity index (χ0n) is 18.3. The van der Waals surface area contributed by atoms with Crippen LogP contribution in [0.1, 0.15) is 41.1 Å². The molecule has 1 aromatic heterocycles. The van der Waals surface area contributed by atoms with Gasteiger partial charge in [0.2, 0.25) is 0 Å². The van der Waals surface area contributed by atoms with Crippen LogP contribution >= 0.6 is 0 Å². The van der Waals surface area contributed by atoms with Crippen molar-refractivity contribution in [2.45, 2.75) is 19.4 Å². The first-order chi connectivity index (χ1) is 15.5. The van der Waals surface area contributed by atoms with Crippen molar-refractivity contribution in [2.75, 3.05) is 14.2 Å². The summed E-state index contributed by atoms with van der Waals surface area (Å²) in [5.74, 6) is 0.792. The van der Waals surface area contributed by atoms with Gasteiger partial charge in [0, 0.05) is 11.6 Å². The highest BCUT2D eigenvalue weighted by atomic mass is 16.5. The Balaban J connectivity index is 1.84. The highest BCUT2D eigenvalue weighted by Crippen LogP contribution is 2.31. The van der Waals surface area contributed by atoms with Crippen molar-refractivity contribution < 1.29 is 23.5 Å². The van der Waals surface area contributed by atoms with E-state index in [1.54, 1.807) is 56.7 Å². The predicted octanol–water partition coefficient (Wildman–Crippen LogP) is 4.34. The van der Waals surface area contributed by atoms with Crippen molar-refractivity contribution in [1.82, 2.24) is 10.6 Å². The molecule has 0 radical (unpaired) electrons. The number of ether oxygens (including phenoxy) is 2. The number of furan rings is 1. The Bertz CT molecular complexity index is 1070. The van der Waals surface area contributed by atoms with Gasteiger partial charge in [0.15, 0.2) is 11.5 Å². The molecule has 2 N–H and O–H groups in total. The molecule has 7 nitrogen and oxygen atoms in total. The number of hydrogen-bond acceptors (Lipinski definition) is 5. The van der Waals surface area contributed by atoms with E-state index in [4.69, 9.17) is 13.9 Å². The molecule has 0 fully saturated rings. The van der Waals surface area contributed by atoms with Gasteiger partial charge in [0.05, 0.1) is 26.5 Å². The van der Waals surface area contributed by atoms with E-state index in [2.05, 4.69) is 10.6 Å². The van der Waals surface area contributed by atoms with Gasteiger partial charge in [-0.15, -0.1) is 0 Å². The highest BCUT2D eigenvalue weighted by Gasteiger charge is 2.20. The Morgan fingerprint density at radius 1 is 1.00 bits per heavy atom. The van der Waals surface area contributed by atoms with E-state index in [0.717, 1.165) is 5.56 Å². The molecule has 0 bridgehead atoms. The fraction of sp³-hybridized carbons (Fsp3) is 0.200. The fourth-order valence-corrected chi connectivity index (χ4v) is 3.18. The number of hydrogen-bond donors (Lipinski definition) is 2. The van der Waals surface area contributed by atoms with Crippen LogP contribution in [-0.2, 0) is 4.79 Å². The maximum atomic E-state index is 13.2. The van der Waals surface area contributed by atoms with Crippen LogP contribution in [0.25, 0.3) is 6.08 Å². The van der Waals surface area contributed by atoms with Crippen LogP contribution in [0.4, 0.5) is 0 Å². The molecule has 166 valence electrons. The summed E-state index contributed by atoms with van der Waals surface area (Å²) >= 11 is 0. The van der Waals surface area contributed by atoms with E-state index in [0.29, 0.717) is 29.2 Å². The van der Waals surface area contributed by atoms with Crippen molar-refractivity contribution in [2.24, 2.45) is 0 Å². The second-order valence-electron chi connectivity index (χ2n) is 6.94. The van der Waals surface area contributed by atoms with Crippen LogP contribution in [0.15, 0.2) is 77.0 Å². The van der Waals surface area contributed by atoms with Crippen LogP contribution in [0.3, 0.4) is 0 Å². The van der Waals surface area contributed by atoms with Crippen molar-refractivity contribution in [1.29, 1.82) is 0 Å². The first-order valence-corrected chi connectivity index (χ1v) is 10.2. The Morgan fingerprint density at radius 2 is 1.75 bits per heavy atom. The van der Waals surface area contributed by atoms with E-state index in [1.165, 1.54) is 12.3 Å². The third-order valence-electron chi connectivity index (χ3n) is 4.88. The van der Waals surface area contributed by atoms with Gasteiger partial charge < -0.3 is 24.5 Å². The Hall–Kier alpha value is -4.00. The van der Waals surface area contributed by atoms with Crippen LogP contribution < -0.4 is 20.1 Å². The Kier molecular flexibility index (Phi) is 7.70. The number of methoxy groups -OCH3 is 2. The van der Waals surface area contributed by atoms with Crippen molar-refractivity contribution in [3.63, 3.8) is 0 Å². The molecule has 32 heavy (non-hydrogen) atoms. The zero-order valence-corrected chi connectivity index (χ0v) is 18.3. The van der Waals surface area contributed by atoms with Gasteiger partial charge in [-0.3, -0.25) is 9.59 Å². The summed E-state index contributed by atoms with van der Waals surface area (Å²) in [4.78, 5) is 25.8. The van der Waals surface area contributed by atoms with Gasteiger partial charge in [-0.1, -0.05) is 31.2 Å². The molecule has 1 unspecified atom stereocenters. The summed E-state index contributed by atoms with van der Waals surface area (Å²) in [6.45, 7) is 1.96. The second-order valence-corrected chi connectivity index (χ2v) is 6.94. The largest absolute Gasteiger partial charge is 0.493 e. The molecule has 0 aliphatic heterocycles. The van der Waals surface area contributed by atoms with Gasteiger partial charge in [-0.05, 0) is 48.4 Å². The van der Waals surface area contributed by atoms with Gasteiger partial charge in [0.25, 0.3) is 11.8 Å². The molecule has 0 saturated heterocycles. The lowest BCUT2D eigenvalue weighted by atomic mass is 10.0. The average Bonchev–Trinajstić information content (AvgIpc) is 3.35. The lowest BCUT2D eigenvalue weighted by Gasteiger charge is -2.20. The first kappa shape index (κ1) is 22.7. The SMILES string of the molecule is CCC(NC(=O)/C(=C/c1ccco1)NC(=O)c1ccccc1)c1ccc(OC)c(OC)c1. The van der Waals surface area contributed by atoms with Crippen LogP contribution in [-0.4, -0.2) is 26.0 Å². The molecule has 0 saturated carbocycles. The van der Waals surface area contributed by atoms with Crippen molar-refractivity contribution >= 4 is 17.9 Å². The number of rotatable bonds is 9. The summed E-state index contributed by atoms with van der Waals surface area (Å²) in [6.07, 6.45) is 3.62. The van der Waals surface area contributed by atoms with E-state index in [-0.39, 0.29) is 11.7 Å². The number of carbonyl (C=O) groups is 2. The van der Waals surface area contributed by atoms with Gasteiger partial charge >= 0.3 is 0 Å². The minimum absolute atomic E-state index is 0.0766. The molecule has 3 aromatic rings. The minimum atomic E-state index is -0.438. The second kappa shape index (κ2) is 10.9. The number of nitrogens with one attached hydrogen (secondary N) is 2. The van der Waals surface area contributed by atoms with Gasteiger partial charge in [-0.2, -0.15) is 0 Å². The van der Waals surface area contributed by atoms with Gasteiger partial charge in [-0.25, -0.2) is 0 Å². The summed E-state index contributed by atoms with van der Waals surface area (Å²) in [5.41, 5.74) is 1.37. The molecule has 1 atom stereocenters. The minimum Gasteiger partial charge on any atom is -0.493 e. The topological polar surface area (TPSA) is 89.8 Å². The van der Waals surface area contributed by atoms with Crippen molar-refractivity contribution in [3.8, 4) is 11.5 Å². The molecule has 7 heteroatoms. The number of benzene rings is 2. The van der Waals surface area contributed by atoms with E-state index in [1.807, 2.05) is 25.1 Å². The zero-order chi connectivity index (χ0) is 22.9. The fourth-order valence-electron chi connectivity index (χ4n) is 3.18. The standard InChI is InChI=1S/C25H26N2O5/c1-4-20(18-12-13-22(30-2)23(15-18)31-3)26-25(29)21(16-19-11-8-14-32-19)27-24(28)17-9-6-5-7-10-17/h5-16,20H,4H2,1-3H3,(H,26,29)(H,27,28)/b21-16-. The number of carbonyl (C=O) groups excluding carboxylic acids is 2. The van der Waals surface area contributed by atoms with E-state index >= 15 is 0 Å².